The van der Waals surface area contributed by atoms with Gasteiger partial charge in [0.05, 0.1) is 12.3 Å². The van der Waals surface area contributed by atoms with Crippen molar-refractivity contribution in [3.05, 3.63) is 23.7 Å². The first kappa shape index (κ1) is 13.3. The lowest BCUT2D eigenvalue weighted by atomic mass is 9.93. The monoisotopic (exact) mass is 223 g/mol. The topological polar surface area (TPSA) is 25.2 Å². The van der Waals surface area contributed by atoms with Gasteiger partial charge in [0, 0.05) is 0 Å². The molecule has 1 aromatic rings. The summed E-state index contributed by atoms with van der Waals surface area (Å²) < 4.78 is 5.61. The molecule has 0 aliphatic rings. The lowest BCUT2D eigenvalue weighted by Crippen LogP contribution is -2.23. The SMILES string of the molecule is CCNC(CC(CC)CC)c1occc1C. The quantitative estimate of drug-likeness (QED) is 0.754. The van der Waals surface area contributed by atoms with E-state index in [1.165, 1.54) is 24.8 Å². The number of hydrogen-bond donors (Lipinski definition) is 1. The molecule has 0 bridgehead atoms. The summed E-state index contributed by atoms with van der Waals surface area (Å²) in [5, 5.41) is 3.53. The molecule has 0 aromatic carbocycles. The van der Waals surface area contributed by atoms with Crippen molar-refractivity contribution in [1.82, 2.24) is 5.32 Å². The van der Waals surface area contributed by atoms with Crippen molar-refractivity contribution in [2.75, 3.05) is 6.54 Å². The lowest BCUT2D eigenvalue weighted by molar-refractivity contribution is 0.331. The Kier molecular flexibility index (Phi) is 5.61. The average Bonchev–Trinajstić information content (AvgIpc) is 2.71. The van der Waals surface area contributed by atoms with Crippen LogP contribution in [0.4, 0.5) is 0 Å². The predicted octanol–water partition coefficient (Wildman–Crippen LogP) is 4.06. The molecule has 92 valence electrons. The van der Waals surface area contributed by atoms with E-state index in [-0.39, 0.29) is 0 Å². The van der Waals surface area contributed by atoms with Gasteiger partial charge in [0.2, 0.25) is 0 Å². The van der Waals surface area contributed by atoms with Gasteiger partial charge in [-0.3, -0.25) is 0 Å². The van der Waals surface area contributed by atoms with Gasteiger partial charge in [0.1, 0.15) is 5.76 Å². The van der Waals surface area contributed by atoms with E-state index in [4.69, 9.17) is 4.42 Å². The molecule has 0 aliphatic carbocycles. The number of rotatable bonds is 7. The molecule has 1 rings (SSSR count). The van der Waals surface area contributed by atoms with E-state index in [2.05, 4.69) is 33.0 Å². The van der Waals surface area contributed by atoms with E-state index in [1.807, 2.05) is 6.07 Å². The summed E-state index contributed by atoms with van der Waals surface area (Å²) in [6.07, 6.45) is 5.47. The number of nitrogens with one attached hydrogen (secondary N) is 1. The number of hydrogen-bond acceptors (Lipinski definition) is 2. The Labute approximate surface area is 99.4 Å². The minimum atomic E-state index is 0.380. The number of aryl methyl sites for hydroxylation is 1. The molecule has 0 saturated carbocycles. The van der Waals surface area contributed by atoms with Crippen LogP contribution in [0.3, 0.4) is 0 Å². The molecule has 1 N–H and O–H groups in total. The maximum atomic E-state index is 5.61. The minimum Gasteiger partial charge on any atom is -0.467 e. The smallest absolute Gasteiger partial charge is 0.123 e. The van der Waals surface area contributed by atoms with Crippen LogP contribution in [-0.2, 0) is 0 Å². The molecule has 1 heterocycles. The molecular weight excluding hydrogens is 198 g/mol. The van der Waals surface area contributed by atoms with Gasteiger partial charge in [0.25, 0.3) is 0 Å². The summed E-state index contributed by atoms with van der Waals surface area (Å²) in [5.74, 6) is 1.90. The van der Waals surface area contributed by atoms with E-state index < -0.39 is 0 Å². The van der Waals surface area contributed by atoms with Crippen molar-refractivity contribution in [3.8, 4) is 0 Å². The molecule has 0 aliphatic heterocycles. The molecule has 0 fully saturated rings. The van der Waals surface area contributed by atoms with Gasteiger partial charge in [0.15, 0.2) is 0 Å². The molecule has 1 unspecified atom stereocenters. The fourth-order valence-corrected chi connectivity index (χ4v) is 2.23. The predicted molar refractivity (Wildman–Crippen MR) is 68.6 cm³/mol. The van der Waals surface area contributed by atoms with Crippen molar-refractivity contribution in [3.63, 3.8) is 0 Å². The van der Waals surface area contributed by atoms with Gasteiger partial charge in [-0.05, 0) is 37.4 Å². The second kappa shape index (κ2) is 6.74. The van der Waals surface area contributed by atoms with E-state index in [9.17, 15) is 0 Å². The van der Waals surface area contributed by atoms with Crippen molar-refractivity contribution >= 4 is 0 Å². The zero-order chi connectivity index (χ0) is 12.0. The average molecular weight is 223 g/mol. The fraction of sp³-hybridized carbons (Fsp3) is 0.714. The van der Waals surface area contributed by atoms with E-state index in [1.54, 1.807) is 6.26 Å². The third-order valence-corrected chi connectivity index (χ3v) is 3.39. The Hall–Kier alpha value is -0.760. The molecule has 0 radical (unpaired) electrons. The summed E-state index contributed by atoms with van der Waals surface area (Å²) in [7, 11) is 0. The third-order valence-electron chi connectivity index (χ3n) is 3.39. The van der Waals surface area contributed by atoms with Crippen molar-refractivity contribution in [1.29, 1.82) is 0 Å². The van der Waals surface area contributed by atoms with Gasteiger partial charge < -0.3 is 9.73 Å². The third kappa shape index (κ3) is 3.38. The number of furan rings is 1. The van der Waals surface area contributed by atoms with Gasteiger partial charge in [-0.1, -0.05) is 33.6 Å². The summed E-state index contributed by atoms with van der Waals surface area (Å²) in [4.78, 5) is 0. The summed E-state index contributed by atoms with van der Waals surface area (Å²) in [6.45, 7) is 9.80. The summed E-state index contributed by atoms with van der Waals surface area (Å²) in [6, 6.07) is 2.43. The molecule has 2 nitrogen and oxygen atoms in total. The van der Waals surface area contributed by atoms with E-state index in [0.717, 1.165) is 18.2 Å². The largest absolute Gasteiger partial charge is 0.467 e. The molecule has 16 heavy (non-hydrogen) atoms. The normalized spacial score (nSPS) is 13.3. The van der Waals surface area contributed by atoms with Crippen molar-refractivity contribution in [2.24, 2.45) is 5.92 Å². The van der Waals surface area contributed by atoms with E-state index in [0.29, 0.717) is 6.04 Å². The van der Waals surface area contributed by atoms with Crippen LogP contribution in [0.1, 0.15) is 57.4 Å². The molecule has 1 aromatic heterocycles. The Morgan fingerprint density at radius 2 is 1.94 bits per heavy atom. The Balaban J connectivity index is 2.71. The van der Waals surface area contributed by atoms with Gasteiger partial charge in [-0.25, -0.2) is 0 Å². The van der Waals surface area contributed by atoms with Crippen LogP contribution in [0.25, 0.3) is 0 Å². The first-order chi connectivity index (χ1) is 7.72. The van der Waals surface area contributed by atoms with Crippen LogP contribution < -0.4 is 5.32 Å². The van der Waals surface area contributed by atoms with Crippen LogP contribution >= 0.6 is 0 Å². The highest BCUT2D eigenvalue weighted by atomic mass is 16.3. The minimum absolute atomic E-state index is 0.380. The Bertz CT molecular complexity index is 289. The standard InChI is InChI=1S/C14H25NO/c1-5-12(6-2)10-13(15-7-3)14-11(4)8-9-16-14/h8-9,12-13,15H,5-7,10H2,1-4H3. The van der Waals surface area contributed by atoms with Crippen LogP contribution in [0.5, 0.6) is 0 Å². The Morgan fingerprint density at radius 3 is 2.38 bits per heavy atom. The zero-order valence-electron chi connectivity index (χ0n) is 11.0. The highest BCUT2D eigenvalue weighted by molar-refractivity contribution is 5.18. The maximum Gasteiger partial charge on any atom is 0.123 e. The molecule has 0 saturated heterocycles. The summed E-state index contributed by atoms with van der Waals surface area (Å²) >= 11 is 0. The van der Waals surface area contributed by atoms with Crippen LogP contribution in [0.15, 0.2) is 16.7 Å². The fourth-order valence-electron chi connectivity index (χ4n) is 2.23. The van der Waals surface area contributed by atoms with Crippen LogP contribution in [0.2, 0.25) is 0 Å². The van der Waals surface area contributed by atoms with Crippen LogP contribution in [0, 0.1) is 12.8 Å². The molecule has 1 atom stereocenters. The van der Waals surface area contributed by atoms with Crippen LogP contribution in [-0.4, -0.2) is 6.54 Å². The zero-order valence-corrected chi connectivity index (χ0v) is 11.0. The first-order valence-corrected chi connectivity index (χ1v) is 6.50. The highest BCUT2D eigenvalue weighted by Gasteiger charge is 2.19. The first-order valence-electron chi connectivity index (χ1n) is 6.50. The van der Waals surface area contributed by atoms with Crippen molar-refractivity contribution < 1.29 is 4.42 Å². The van der Waals surface area contributed by atoms with Crippen molar-refractivity contribution in [2.45, 2.75) is 53.0 Å². The second-order valence-electron chi connectivity index (χ2n) is 4.50. The highest BCUT2D eigenvalue weighted by Crippen LogP contribution is 2.27. The molecule has 0 amide bonds. The Morgan fingerprint density at radius 1 is 1.25 bits per heavy atom. The van der Waals surface area contributed by atoms with E-state index >= 15 is 0 Å². The second-order valence-corrected chi connectivity index (χ2v) is 4.50. The molecule has 2 heteroatoms. The van der Waals surface area contributed by atoms with Gasteiger partial charge >= 0.3 is 0 Å². The summed E-state index contributed by atoms with van der Waals surface area (Å²) in [5.41, 5.74) is 1.26. The molecule has 0 spiro atoms. The van der Waals surface area contributed by atoms with Gasteiger partial charge in [-0.15, -0.1) is 0 Å². The lowest BCUT2D eigenvalue weighted by Gasteiger charge is -2.21. The molecular formula is C14H25NO. The maximum absolute atomic E-state index is 5.61. The van der Waals surface area contributed by atoms with Gasteiger partial charge in [-0.2, -0.15) is 0 Å².